The van der Waals surface area contributed by atoms with Crippen LogP contribution in [0.1, 0.15) is 10.4 Å². The van der Waals surface area contributed by atoms with Crippen LogP contribution in [0.15, 0.2) is 42.5 Å². The van der Waals surface area contributed by atoms with Gasteiger partial charge in [0, 0.05) is 5.69 Å². The van der Waals surface area contributed by atoms with Crippen molar-refractivity contribution < 1.29 is 27.1 Å². The average molecular weight is 415 g/mol. The SMILES string of the molecule is COC(=O)c1cc(NC(=O)CN(c2cccc(F)c2)S(C)(=O)=O)ccc1Cl. The zero-order valence-electron chi connectivity index (χ0n) is 14.4. The summed E-state index contributed by atoms with van der Waals surface area (Å²) in [5.74, 6) is -2.02. The van der Waals surface area contributed by atoms with E-state index in [1.54, 1.807) is 0 Å². The van der Waals surface area contributed by atoms with Gasteiger partial charge in [-0.25, -0.2) is 17.6 Å². The van der Waals surface area contributed by atoms with E-state index in [-0.39, 0.29) is 22.0 Å². The lowest BCUT2D eigenvalue weighted by molar-refractivity contribution is -0.114. The molecule has 0 spiro atoms. The molecule has 0 saturated carbocycles. The zero-order valence-corrected chi connectivity index (χ0v) is 16.0. The minimum atomic E-state index is -3.84. The number of halogens is 2. The fourth-order valence-corrected chi connectivity index (χ4v) is 3.27. The van der Waals surface area contributed by atoms with Gasteiger partial charge in [-0.3, -0.25) is 9.10 Å². The Labute approximate surface area is 160 Å². The molecule has 0 bridgehead atoms. The second kappa shape index (κ2) is 8.36. The topological polar surface area (TPSA) is 92.8 Å². The van der Waals surface area contributed by atoms with Crippen LogP contribution in [-0.2, 0) is 19.6 Å². The summed E-state index contributed by atoms with van der Waals surface area (Å²) in [5.41, 5.74) is 0.276. The number of sulfonamides is 1. The summed E-state index contributed by atoms with van der Waals surface area (Å²) in [6.07, 6.45) is 0.906. The summed E-state index contributed by atoms with van der Waals surface area (Å²) >= 11 is 5.91. The van der Waals surface area contributed by atoms with Crippen molar-refractivity contribution >= 4 is 44.9 Å². The molecule has 1 N–H and O–H groups in total. The van der Waals surface area contributed by atoms with Crippen molar-refractivity contribution in [3.05, 3.63) is 58.9 Å². The molecule has 0 atom stereocenters. The van der Waals surface area contributed by atoms with Gasteiger partial charge in [-0.2, -0.15) is 0 Å². The summed E-state index contributed by atoms with van der Waals surface area (Å²) in [6.45, 7) is -0.585. The molecule has 1 amide bonds. The Kier molecular flexibility index (Phi) is 6.40. The van der Waals surface area contributed by atoms with Gasteiger partial charge >= 0.3 is 5.97 Å². The van der Waals surface area contributed by atoms with Crippen molar-refractivity contribution in [1.82, 2.24) is 0 Å². The molecular formula is C17H16ClFN2O5S. The Balaban J connectivity index is 2.23. The van der Waals surface area contributed by atoms with E-state index in [2.05, 4.69) is 10.1 Å². The number of methoxy groups -OCH3 is 1. The number of anilines is 2. The highest BCUT2D eigenvalue weighted by molar-refractivity contribution is 7.92. The van der Waals surface area contributed by atoms with E-state index in [4.69, 9.17) is 11.6 Å². The van der Waals surface area contributed by atoms with Crippen LogP contribution in [0.3, 0.4) is 0 Å². The smallest absolute Gasteiger partial charge is 0.339 e. The fourth-order valence-electron chi connectivity index (χ4n) is 2.23. The number of carbonyl (C=O) groups is 2. The van der Waals surface area contributed by atoms with Crippen molar-refractivity contribution in [3.63, 3.8) is 0 Å². The average Bonchev–Trinajstić information content (AvgIpc) is 2.59. The Bertz CT molecular complexity index is 981. The summed E-state index contributed by atoms with van der Waals surface area (Å²) in [5, 5.41) is 2.61. The largest absolute Gasteiger partial charge is 0.465 e. The van der Waals surface area contributed by atoms with Crippen molar-refractivity contribution in [2.45, 2.75) is 0 Å². The van der Waals surface area contributed by atoms with Crippen molar-refractivity contribution in [1.29, 1.82) is 0 Å². The minimum Gasteiger partial charge on any atom is -0.465 e. The second-order valence-electron chi connectivity index (χ2n) is 5.48. The first-order valence-electron chi connectivity index (χ1n) is 7.53. The van der Waals surface area contributed by atoms with Gasteiger partial charge in [0.1, 0.15) is 12.4 Å². The van der Waals surface area contributed by atoms with E-state index in [1.807, 2.05) is 0 Å². The lowest BCUT2D eigenvalue weighted by Crippen LogP contribution is -2.37. The van der Waals surface area contributed by atoms with Crippen LogP contribution >= 0.6 is 11.6 Å². The molecule has 2 rings (SSSR count). The standard InChI is InChI=1S/C17H16ClFN2O5S/c1-26-17(23)14-9-12(6-7-15(14)18)20-16(22)10-21(27(2,24)25)13-5-3-4-11(19)8-13/h3-9H,10H2,1-2H3,(H,20,22). The maximum Gasteiger partial charge on any atom is 0.339 e. The number of hydrogen-bond acceptors (Lipinski definition) is 5. The van der Waals surface area contributed by atoms with E-state index < -0.39 is 34.3 Å². The van der Waals surface area contributed by atoms with Gasteiger partial charge in [0.25, 0.3) is 0 Å². The van der Waals surface area contributed by atoms with Gasteiger partial charge in [0.05, 0.1) is 29.6 Å². The second-order valence-corrected chi connectivity index (χ2v) is 7.80. The molecule has 10 heteroatoms. The van der Waals surface area contributed by atoms with Crippen molar-refractivity contribution in [2.75, 3.05) is 29.5 Å². The highest BCUT2D eigenvalue weighted by Crippen LogP contribution is 2.22. The highest BCUT2D eigenvalue weighted by Gasteiger charge is 2.22. The molecule has 0 saturated heterocycles. The first kappa shape index (κ1) is 20.7. The highest BCUT2D eigenvalue weighted by atomic mass is 35.5. The normalized spacial score (nSPS) is 11.0. The first-order chi connectivity index (χ1) is 12.6. The number of ether oxygens (including phenoxy) is 1. The van der Waals surface area contributed by atoms with E-state index in [1.165, 1.54) is 37.4 Å². The maximum absolute atomic E-state index is 13.4. The van der Waals surface area contributed by atoms with Crippen LogP contribution in [0, 0.1) is 5.82 Å². The van der Waals surface area contributed by atoms with Crippen LogP contribution in [0.4, 0.5) is 15.8 Å². The molecule has 0 unspecified atom stereocenters. The number of rotatable bonds is 6. The number of nitrogens with one attached hydrogen (secondary N) is 1. The Morgan fingerprint density at radius 2 is 1.93 bits per heavy atom. The van der Waals surface area contributed by atoms with Gasteiger partial charge in [-0.05, 0) is 36.4 Å². The van der Waals surface area contributed by atoms with Gasteiger partial charge < -0.3 is 10.1 Å². The molecule has 0 aromatic heterocycles. The molecule has 0 aliphatic rings. The van der Waals surface area contributed by atoms with E-state index in [9.17, 15) is 22.4 Å². The molecule has 0 aliphatic heterocycles. The third-order valence-electron chi connectivity index (χ3n) is 3.44. The molecule has 7 nitrogen and oxygen atoms in total. The number of benzene rings is 2. The van der Waals surface area contributed by atoms with Gasteiger partial charge in [-0.1, -0.05) is 17.7 Å². The molecule has 0 fully saturated rings. The number of amides is 1. The Morgan fingerprint density at radius 1 is 1.22 bits per heavy atom. The predicted octanol–water partition coefficient (Wildman–Crippen LogP) is 2.67. The van der Waals surface area contributed by atoms with Crippen molar-refractivity contribution in [2.24, 2.45) is 0 Å². The molecular weight excluding hydrogens is 399 g/mol. The molecule has 144 valence electrons. The lowest BCUT2D eigenvalue weighted by atomic mass is 10.2. The van der Waals surface area contributed by atoms with E-state index in [0.29, 0.717) is 0 Å². The van der Waals surface area contributed by atoms with Crippen molar-refractivity contribution in [3.8, 4) is 0 Å². The Hall–Kier alpha value is -2.65. The quantitative estimate of drug-likeness (QED) is 0.733. The summed E-state index contributed by atoms with van der Waals surface area (Å²) in [6, 6.07) is 9.01. The molecule has 27 heavy (non-hydrogen) atoms. The molecule has 0 heterocycles. The number of nitrogens with zero attached hydrogens (tertiary/aromatic N) is 1. The molecule has 0 aliphatic carbocycles. The Morgan fingerprint density at radius 3 is 2.52 bits per heavy atom. The van der Waals surface area contributed by atoms with Crippen LogP contribution in [-0.4, -0.2) is 40.2 Å². The third-order valence-corrected chi connectivity index (χ3v) is 4.91. The monoisotopic (exact) mass is 414 g/mol. The molecule has 2 aromatic carbocycles. The van der Waals surface area contributed by atoms with Crippen LogP contribution in [0.2, 0.25) is 5.02 Å². The number of esters is 1. The summed E-state index contributed by atoms with van der Waals surface area (Å²) < 4.78 is 42.8. The maximum atomic E-state index is 13.4. The number of carbonyl (C=O) groups excluding carboxylic acids is 2. The lowest BCUT2D eigenvalue weighted by Gasteiger charge is -2.22. The van der Waals surface area contributed by atoms with Crippen LogP contribution in [0.25, 0.3) is 0 Å². The molecule has 2 aromatic rings. The fraction of sp³-hybridized carbons (Fsp3) is 0.176. The first-order valence-corrected chi connectivity index (χ1v) is 9.75. The number of hydrogen-bond donors (Lipinski definition) is 1. The van der Waals surface area contributed by atoms with Gasteiger partial charge in [-0.15, -0.1) is 0 Å². The third kappa shape index (κ3) is 5.41. The predicted molar refractivity (Wildman–Crippen MR) is 100 cm³/mol. The van der Waals surface area contributed by atoms with Gasteiger partial charge in [0.15, 0.2) is 0 Å². The summed E-state index contributed by atoms with van der Waals surface area (Å²) in [4.78, 5) is 24.0. The summed E-state index contributed by atoms with van der Waals surface area (Å²) in [7, 11) is -2.66. The van der Waals surface area contributed by atoms with Crippen LogP contribution < -0.4 is 9.62 Å². The minimum absolute atomic E-state index is 0.0130. The van der Waals surface area contributed by atoms with E-state index in [0.717, 1.165) is 22.7 Å². The molecule has 0 radical (unpaired) electrons. The zero-order chi connectivity index (χ0) is 20.2. The van der Waals surface area contributed by atoms with Crippen LogP contribution in [0.5, 0.6) is 0 Å². The van der Waals surface area contributed by atoms with E-state index >= 15 is 0 Å². The van der Waals surface area contributed by atoms with Gasteiger partial charge in [0.2, 0.25) is 15.9 Å².